The van der Waals surface area contributed by atoms with Gasteiger partial charge in [0.25, 0.3) is 5.91 Å². The molecule has 0 radical (unpaired) electrons. The number of nitrogens with zero attached hydrogens (tertiary/aromatic N) is 3. The molecule has 1 aliphatic rings. The topological polar surface area (TPSA) is 134 Å². The van der Waals surface area contributed by atoms with Gasteiger partial charge in [-0.3, -0.25) is 10.1 Å². The molecule has 0 saturated heterocycles. The van der Waals surface area contributed by atoms with Gasteiger partial charge in [-0.05, 0) is 44.5 Å². The Morgan fingerprint density at radius 2 is 1.91 bits per heavy atom. The summed E-state index contributed by atoms with van der Waals surface area (Å²) >= 11 is 0. The molecular formula is C24H27N5O6. The fourth-order valence-corrected chi connectivity index (χ4v) is 3.57. The Morgan fingerprint density at radius 3 is 2.66 bits per heavy atom. The average molecular weight is 482 g/mol. The molecule has 3 aromatic rings. The Bertz CT molecular complexity index is 1270. The predicted molar refractivity (Wildman–Crippen MR) is 126 cm³/mol. The van der Waals surface area contributed by atoms with Crippen LogP contribution in [0, 0.1) is 0 Å². The maximum atomic E-state index is 13.0. The lowest BCUT2D eigenvalue weighted by Crippen LogP contribution is -2.41. The highest BCUT2D eigenvalue weighted by Gasteiger charge is 2.22. The van der Waals surface area contributed by atoms with Crippen LogP contribution in [0.25, 0.3) is 22.3 Å². The summed E-state index contributed by atoms with van der Waals surface area (Å²) in [6, 6.07) is 6.37. The number of ether oxygens (including phenoxy) is 3. The Labute approximate surface area is 201 Å². The average Bonchev–Trinajstić information content (AvgIpc) is 3.29. The second-order valence-corrected chi connectivity index (χ2v) is 8.21. The van der Waals surface area contributed by atoms with Crippen LogP contribution in [-0.4, -0.2) is 59.0 Å². The third-order valence-electron chi connectivity index (χ3n) is 5.24. The standard InChI is InChI=1S/C24H27N5O6/c1-4-7-25-24(32)28-21(30)13-35-23(31)16-11-18(27-22-17(16)12-26-29(22)14(2)3)15-5-6-19-20(10-15)34-9-8-33-19/h5-6,10-12,14H,4,7-9,13H2,1-3H3,(H2,25,28,30,32). The molecule has 1 aliphatic heterocycles. The molecule has 11 nitrogen and oxygen atoms in total. The van der Waals surface area contributed by atoms with Gasteiger partial charge in [-0.2, -0.15) is 5.10 Å². The highest BCUT2D eigenvalue weighted by atomic mass is 16.6. The van der Waals surface area contributed by atoms with Crippen LogP contribution < -0.4 is 20.1 Å². The zero-order valence-corrected chi connectivity index (χ0v) is 19.8. The summed E-state index contributed by atoms with van der Waals surface area (Å²) in [5, 5.41) is 9.51. The molecule has 184 valence electrons. The lowest BCUT2D eigenvalue weighted by molar-refractivity contribution is -0.123. The zero-order valence-electron chi connectivity index (χ0n) is 19.8. The van der Waals surface area contributed by atoms with Gasteiger partial charge < -0.3 is 19.5 Å². The van der Waals surface area contributed by atoms with Crippen molar-refractivity contribution in [2.24, 2.45) is 0 Å². The molecule has 3 amide bonds. The summed E-state index contributed by atoms with van der Waals surface area (Å²) in [7, 11) is 0. The number of fused-ring (bicyclic) bond motifs is 2. The van der Waals surface area contributed by atoms with Crippen molar-refractivity contribution in [1.82, 2.24) is 25.4 Å². The van der Waals surface area contributed by atoms with Gasteiger partial charge in [-0.1, -0.05) is 6.92 Å². The number of rotatable bonds is 7. The van der Waals surface area contributed by atoms with Crippen LogP contribution in [0.4, 0.5) is 4.79 Å². The molecule has 35 heavy (non-hydrogen) atoms. The summed E-state index contributed by atoms with van der Waals surface area (Å²) in [5.74, 6) is -0.233. The van der Waals surface area contributed by atoms with E-state index in [0.29, 0.717) is 53.5 Å². The van der Waals surface area contributed by atoms with E-state index < -0.39 is 24.5 Å². The van der Waals surface area contributed by atoms with Crippen LogP contribution in [0.5, 0.6) is 11.5 Å². The van der Waals surface area contributed by atoms with Crippen LogP contribution in [0.2, 0.25) is 0 Å². The van der Waals surface area contributed by atoms with Crippen LogP contribution in [0.1, 0.15) is 43.6 Å². The number of hydrogen-bond donors (Lipinski definition) is 2. The van der Waals surface area contributed by atoms with E-state index >= 15 is 0 Å². The molecule has 0 atom stereocenters. The molecule has 0 spiro atoms. The van der Waals surface area contributed by atoms with Crippen molar-refractivity contribution < 1.29 is 28.6 Å². The lowest BCUT2D eigenvalue weighted by Gasteiger charge is -2.19. The molecule has 0 aliphatic carbocycles. The molecule has 0 unspecified atom stereocenters. The predicted octanol–water partition coefficient (Wildman–Crippen LogP) is 2.84. The highest BCUT2D eigenvalue weighted by molar-refractivity contribution is 6.05. The summed E-state index contributed by atoms with van der Waals surface area (Å²) in [4.78, 5) is 41.4. The van der Waals surface area contributed by atoms with Crippen LogP contribution in [0.15, 0.2) is 30.5 Å². The zero-order chi connectivity index (χ0) is 24.9. The molecule has 2 aromatic heterocycles. The van der Waals surface area contributed by atoms with Gasteiger partial charge in [0.15, 0.2) is 23.8 Å². The first-order valence-electron chi connectivity index (χ1n) is 11.4. The fourth-order valence-electron chi connectivity index (χ4n) is 3.57. The first kappa shape index (κ1) is 24.0. The molecule has 11 heteroatoms. The number of carbonyl (C=O) groups excluding carboxylic acids is 3. The number of imide groups is 1. The first-order valence-corrected chi connectivity index (χ1v) is 11.4. The van der Waals surface area contributed by atoms with Crippen molar-refractivity contribution in [3.63, 3.8) is 0 Å². The number of esters is 1. The van der Waals surface area contributed by atoms with E-state index in [1.165, 1.54) is 0 Å². The molecule has 0 fully saturated rings. The summed E-state index contributed by atoms with van der Waals surface area (Å²) in [6.45, 7) is 6.54. The Balaban J connectivity index is 1.62. The first-order chi connectivity index (χ1) is 16.9. The van der Waals surface area contributed by atoms with Crippen molar-refractivity contribution in [3.8, 4) is 22.8 Å². The Morgan fingerprint density at radius 1 is 1.14 bits per heavy atom. The minimum Gasteiger partial charge on any atom is -0.486 e. The molecule has 1 aromatic carbocycles. The minimum atomic E-state index is -0.734. The van der Waals surface area contributed by atoms with Gasteiger partial charge in [0.1, 0.15) is 13.2 Å². The number of hydrogen-bond acceptors (Lipinski definition) is 8. The van der Waals surface area contributed by atoms with Gasteiger partial charge in [0, 0.05) is 18.2 Å². The molecule has 3 heterocycles. The highest BCUT2D eigenvalue weighted by Crippen LogP contribution is 2.35. The van der Waals surface area contributed by atoms with E-state index in [1.54, 1.807) is 29.1 Å². The number of nitrogens with one attached hydrogen (secondary N) is 2. The van der Waals surface area contributed by atoms with Crippen LogP contribution in [-0.2, 0) is 9.53 Å². The fraction of sp³-hybridized carbons (Fsp3) is 0.375. The minimum absolute atomic E-state index is 0.00759. The van der Waals surface area contributed by atoms with Crippen LogP contribution in [0.3, 0.4) is 0 Å². The van der Waals surface area contributed by atoms with E-state index in [-0.39, 0.29) is 11.6 Å². The van der Waals surface area contributed by atoms with E-state index in [0.717, 1.165) is 6.42 Å². The maximum Gasteiger partial charge on any atom is 0.339 e. The molecule has 0 bridgehead atoms. The van der Waals surface area contributed by atoms with Gasteiger partial charge >= 0.3 is 12.0 Å². The lowest BCUT2D eigenvalue weighted by atomic mass is 10.1. The Kier molecular flexibility index (Phi) is 7.14. The number of amides is 3. The smallest absolute Gasteiger partial charge is 0.339 e. The quantitative estimate of drug-likeness (QED) is 0.492. The van der Waals surface area contributed by atoms with Gasteiger partial charge in [-0.25, -0.2) is 19.3 Å². The molecule has 2 N–H and O–H groups in total. The molecule has 4 rings (SSSR count). The number of urea groups is 1. The third-order valence-corrected chi connectivity index (χ3v) is 5.24. The SMILES string of the molecule is CCCNC(=O)NC(=O)COC(=O)c1cc(-c2ccc3c(c2)OCCO3)nc2c1cnn2C(C)C. The summed E-state index contributed by atoms with van der Waals surface area (Å²) < 4.78 is 18.2. The van der Waals surface area contributed by atoms with Crippen molar-refractivity contribution >= 4 is 28.9 Å². The molecule has 0 saturated carbocycles. The summed E-state index contributed by atoms with van der Waals surface area (Å²) in [6.07, 6.45) is 2.27. The van der Waals surface area contributed by atoms with Gasteiger partial charge in [0.2, 0.25) is 0 Å². The van der Waals surface area contributed by atoms with Gasteiger partial charge in [-0.15, -0.1) is 0 Å². The number of carbonyl (C=O) groups is 3. The van der Waals surface area contributed by atoms with Crippen molar-refractivity contribution in [1.29, 1.82) is 0 Å². The van der Waals surface area contributed by atoms with Gasteiger partial charge in [0.05, 0.1) is 22.8 Å². The second-order valence-electron chi connectivity index (χ2n) is 8.21. The second kappa shape index (κ2) is 10.4. The van der Waals surface area contributed by atoms with Crippen molar-refractivity contribution in [2.45, 2.75) is 33.2 Å². The van der Waals surface area contributed by atoms with Crippen LogP contribution >= 0.6 is 0 Å². The number of benzene rings is 1. The van der Waals surface area contributed by atoms with E-state index in [1.807, 2.05) is 26.8 Å². The summed E-state index contributed by atoms with van der Waals surface area (Å²) in [5.41, 5.74) is 1.93. The normalized spacial score (nSPS) is 12.5. The van der Waals surface area contributed by atoms with E-state index in [9.17, 15) is 14.4 Å². The largest absolute Gasteiger partial charge is 0.486 e. The monoisotopic (exact) mass is 481 g/mol. The number of aromatic nitrogens is 3. The van der Waals surface area contributed by atoms with Crippen molar-refractivity contribution in [2.75, 3.05) is 26.4 Å². The third kappa shape index (κ3) is 5.34. The van der Waals surface area contributed by atoms with Crippen molar-refractivity contribution in [3.05, 3.63) is 36.0 Å². The maximum absolute atomic E-state index is 13.0. The number of pyridine rings is 1. The van der Waals surface area contributed by atoms with E-state index in [4.69, 9.17) is 19.2 Å². The van der Waals surface area contributed by atoms with E-state index in [2.05, 4.69) is 15.7 Å². The molecular weight excluding hydrogens is 454 g/mol. The Hall–Kier alpha value is -4.15.